The number of hydrogen-bond acceptors (Lipinski definition) is 14. The number of carbonyl (C=O) groups is 7. The second-order valence-electron chi connectivity index (χ2n) is 19.0. The van der Waals surface area contributed by atoms with Gasteiger partial charge in [-0.05, 0) is 141 Å². The summed E-state index contributed by atoms with van der Waals surface area (Å²) in [6.07, 6.45) is 5.63. The Kier molecular flexibility index (Phi) is 13.9. The van der Waals surface area contributed by atoms with Crippen LogP contribution in [0.4, 0.5) is 10.1 Å². The van der Waals surface area contributed by atoms with Crippen LogP contribution in [0.3, 0.4) is 0 Å². The number of halogens is 1. The Bertz CT molecular complexity index is 3790. The summed E-state index contributed by atoms with van der Waals surface area (Å²) in [6, 6.07) is 19.6. The first-order valence-electron chi connectivity index (χ1n) is 24.7. The lowest BCUT2D eigenvalue weighted by Crippen LogP contribution is -2.30. The second-order valence-corrected chi connectivity index (χ2v) is 19.0. The Hall–Kier alpha value is -9.60. The van der Waals surface area contributed by atoms with Crippen LogP contribution in [0.15, 0.2) is 85.5 Å². The average Bonchev–Trinajstić information content (AvgIpc) is 4.26. The lowest BCUT2D eigenvalue weighted by atomic mass is 9.96. The van der Waals surface area contributed by atoms with E-state index in [1.165, 1.54) is 39.7 Å². The summed E-state index contributed by atoms with van der Waals surface area (Å²) in [4.78, 5) is 96.7. The number of carbonyl (C=O) groups excluding carboxylic acids is 7. The molecule has 11 rings (SSSR count). The summed E-state index contributed by atoms with van der Waals surface area (Å²) in [6.45, 7) is 8.90. The van der Waals surface area contributed by atoms with E-state index in [9.17, 15) is 38.0 Å². The van der Waals surface area contributed by atoms with Crippen LogP contribution >= 0.6 is 0 Å². The van der Waals surface area contributed by atoms with E-state index in [0.717, 1.165) is 57.3 Å². The highest BCUT2D eigenvalue weighted by atomic mass is 19.1. The predicted octanol–water partition coefficient (Wildman–Crippen LogP) is 5.74. The number of nitrogens with zero attached hydrogens (tertiary/aromatic N) is 8. The van der Waals surface area contributed by atoms with Gasteiger partial charge in [-0.15, -0.1) is 20.4 Å². The van der Waals surface area contributed by atoms with E-state index in [-0.39, 0.29) is 89.4 Å². The number of aromatic nitrogens is 8. The van der Waals surface area contributed by atoms with Gasteiger partial charge in [0.2, 0.25) is 0 Å². The summed E-state index contributed by atoms with van der Waals surface area (Å²) in [5.41, 5.74) is 10.2. The summed E-state index contributed by atoms with van der Waals surface area (Å²) in [7, 11) is 0. The van der Waals surface area contributed by atoms with Crippen LogP contribution in [-0.2, 0) is 30.7 Å². The number of amides is 5. The number of Topliss-reactive ketones (excluding diaryl/α,β-unsaturated/α-hetero) is 2. The van der Waals surface area contributed by atoms with Gasteiger partial charge in [0.15, 0.2) is 18.2 Å². The summed E-state index contributed by atoms with van der Waals surface area (Å²) in [5.74, 6) is -1.56. The van der Waals surface area contributed by atoms with E-state index < -0.39 is 23.6 Å². The maximum Gasteiger partial charge on any atom is 0.270 e. The van der Waals surface area contributed by atoms with Crippen molar-refractivity contribution in [1.29, 1.82) is 0 Å². The van der Waals surface area contributed by atoms with Gasteiger partial charge in [0.05, 0.1) is 17.8 Å². The van der Waals surface area contributed by atoms with Gasteiger partial charge in [-0.25, -0.2) is 14.4 Å². The van der Waals surface area contributed by atoms with Crippen molar-refractivity contribution in [3.63, 3.8) is 0 Å². The largest absolute Gasteiger partial charge is 0.482 e. The Labute approximate surface area is 438 Å². The molecule has 21 nitrogen and oxygen atoms in total. The average molecular weight is 1040 g/mol. The number of rotatable bonds is 12. The molecule has 0 saturated heterocycles. The number of fused-ring (bicyclic) bond motifs is 5. The molecule has 5 N–H and O–H groups in total. The molecule has 3 aliphatic rings. The van der Waals surface area contributed by atoms with Crippen molar-refractivity contribution in [3.8, 4) is 5.75 Å². The minimum atomic E-state index is -0.504. The third-order valence-corrected chi connectivity index (χ3v) is 14.1. The molecule has 1 aliphatic heterocycles. The lowest BCUT2D eigenvalue weighted by Gasteiger charge is -2.18. The Balaban J connectivity index is 0.000000175. The molecule has 2 atom stereocenters. The van der Waals surface area contributed by atoms with Gasteiger partial charge < -0.3 is 31.3 Å². The number of ketones is 2. The van der Waals surface area contributed by atoms with Crippen LogP contribution in [0.25, 0.3) is 11.6 Å². The van der Waals surface area contributed by atoms with Crippen LogP contribution < -0.4 is 31.3 Å². The fourth-order valence-corrected chi connectivity index (χ4v) is 10.1. The molecule has 0 fully saturated rings. The molecule has 4 aromatic heterocycles. The molecule has 0 bridgehead atoms. The van der Waals surface area contributed by atoms with Crippen LogP contribution in [0.1, 0.15) is 152 Å². The quantitative estimate of drug-likeness (QED) is 0.0913. The van der Waals surface area contributed by atoms with Gasteiger partial charge >= 0.3 is 0 Å². The van der Waals surface area contributed by atoms with Crippen LogP contribution in [0.5, 0.6) is 5.75 Å². The Morgan fingerprint density at radius 2 is 1.14 bits per heavy atom. The summed E-state index contributed by atoms with van der Waals surface area (Å²) >= 11 is 0. The number of ether oxygens (including phenoxy) is 1. The molecular weight excluding hydrogens is 990 g/mol. The van der Waals surface area contributed by atoms with Crippen molar-refractivity contribution < 1.29 is 42.7 Å². The van der Waals surface area contributed by atoms with Crippen molar-refractivity contribution in [2.24, 2.45) is 0 Å². The lowest BCUT2D eigenvalue weighted by molar-refractivity contribution is -0.118. The van der Waals surface area contributed by atoms with E-state index in [1.54, 1.807) is 63.2 Å². The van der Waals surface area contributed by atoms with Crippen molar-refractivity contribution >= 4 is 58.3 Å². The molecule has 390 valence electrons. The fourth-order valence-electron chi connectivity index (χ4n) is 10.1. The normalized spacial score (nSPS) is 15.0. The van der Waals surface area contributed by atoms with Crippen molar-refractivity contribution in [1.82, 2.24) is 60.4 Å². The minimum Gasteiger partial charge on any atom is -0.482 e. The molecular formula is C55H50FN13O8. The maximum atomic E-state index is 13.5. The molecule has 22 heteroatoms. The van der Waals surface area contributed by atoms with Gasteiger partial charge in [-0.2, -0.15) is 0 Å². The number of anilines is 1. The molecule has 77 heavy (non-hydrogen) atoms. The van der Waals surface area contributed by atoms with E-state index in [1.807, 2.05) is 26.0 Å². The van der Waals surface area contributed by atoms with Gasteiger partial charge in [0.25, 0.3) is 41.1 Å². The Morgan fingerprint density at radius 3 is 1.64 bits per heavy atom. The summed E-state index contributed by atoms with van der Waals surface area (Å²) in [5, 5.41) is 29.9. The molecule has 5 amide bonds. The Morgan fingerprint density at radius 1 is 0.649 bits per heavy atom. The van der Waals surface area contributed by atoms with Crippen molar-refractivity contribution in [3.05, 3.63) is 175 Å². The van der Waals surface area contributed by atoms with Crippen LogP contribution in [-0.4, -0.2) is 86.9 Å². The number of nitrogens with one attached hydrogen (secondary N) is 5. The summed E-state index contributed by atoms with van der Waals surface area (Å²) < 4.78 is 21.8. The topological polar surface area (TPSA) is 275 Å². The highest BCUT2D eigenvalue weighted by molar-refractivity contribution is 6.00. The van der Waals surface area contributed by atoms with Crippen molar-refractivity contribution in [2.45, 2.75) is 85.5 Å². The van der Waals surface area contributed by atoms with Gasteiger partial charge in [-0.3, -0.25) is 42.4 Å². The highest BCUT2D eigenvalue weighted by Gasteiger charge is 2.31. The van der Waals surface area contributed by atoms with E-state index in [4.69, 9.17) is 4.74 Å². The number of aryl methyl sites for hydroxylation is 1. The minimum absolute atomic E-state index is 0.00835. The van der Waals surface area contributed by atoms with E-state index in [0.29, 0.717) is 41.0 Å². The van der Waals surface area contributed by atoms with Gasteiger partial charge in [0, 0.05) is 24.2 Å². The maximum absolute atomic E-state index is 13.5. The highest BCUT2D eigenvalue weighted by Crippen LogP contribution is 2.37. The fraction of sp³-hybridized carbons (Fsp3) is 0.255. The second kappa shape index (κ2) is 21.0. The van der Waals surface area contributed by atoms with Crippen LogP contribution in [0, 0.1) is 26.6 Å². The standard InChI is InChI=1S/C28H25N7O5.C27H25FN6O3/c1-14-17(15(2)36)4-5-19-18(14)6-7-20(19)32-27(39)23-10-22(33-28-34-30-13-35(23)28)26(38)29-11-16-3-8-24-21(9-16)31-25(37)12-40-24;1-14-10-17(4-8-21(14)28)12-29-25(36)23-11-24(34-13-30-33-27(34)32-23)26(37)31-22-9-7-19-15(2)18(16(3)35)5-6-20(19)22/h3-5,8-10,13,20H,6-7,11-12H2,1-2H3,(H,29,38)(H,31,37)(H,32,39);4-6,8,10-11,13,22H,7,9,12H2,1-3H3,(H,29,36)(H,31,37)/t20-;22-/m00/s1. The molecule has 4 aromatic carbocycles. The molecule has 0 radical (unpaired) electrons. The first-order chi connectivity index (χ1) is 37.0. The third kappa shape index (κ3) is 10.3. The van der Waals surface area contributed by atoms with E-state index >= 15 is 0 Å². The van der Waals surface area contributed by atoms with Gasteiger partial charge in [0.1, 0.15) is 47.0 Å². The SMILES string of the molecule is CC(=O)c1ccc2c(c1C)CC[C@@H]2NC(=O)c1cc(C(=O)NCc2ccc(F)c(C)c2)nc2nncn12.CC(=O)c1ccc2c(c1C)CC[C@@H]2NC(=O)c1cc(C(=O)NCc2ccc3c(c2)NC(=O)CO3)nc2nncn12. The zero-order valence-electron chi connectivity index (χ0n) is 42.4. The molecule has 5 heterocycles. The van der Waals surface area contributed by atoms with E-state index in [2.05, 4.69) is 56.9 Å². The van der Waals surface area contributed by atoms with Gasteiger partial charge in [-0.1, -0.05) is 42.5 Å². The first-order valence-corrected chi connectivity index (χ1v) is 24.7. The molecule has 2 aliphatic carbocycles. The number of benzene rings is 4. The zero-order chi connectivity index (χ0) is 54.2. The smallest absolute Gasteiger partial charge is 0.270 e. The first kappa shape index (κ1) is 50.9. The predicted molar refractivity (Wildman–Crippen MR) is 275 cm³/mol. The molecule has 0 spiro atoms. The molecule has 0 unspecified atom stereocenters. The zero-order valence-corrected chi connectivity index (χ0v) is 42.4. The van der Waals surface area contributed by atoms with Crippen LogP contribution in [0.2, 0.25) is 0 Å². The monoisotopic (exact) mass is 1040 g/mol. The number of hydrogen-bond donors (Lipinski definition) is 5. The molecule has 0 saturated carbocycles. The third-order valence-electron chi connectivity index (χ3n) is 14.1. The van der Waals surface area contributed by atoms with Crippen molar-refractivity contribution in [2.75, 3.05) is 11.9 Å². The molecule has 8 aromatic rings.